The van der Waals surface area contributed by atoms with E-state index in [0.717, 1.165) is 12.0 Å². The molecule has 2 fully saturated rings. The van der Waals surface area contributed by atoms with Crippen LogP contribution >= 0.6 is 0 Å². The minimum Gasteiger partial charge on any atom is -0.392 e. The predicted molar refractivity (Wildman–Crippen MR) is 69.4 cm³/mol. The van der Waals surface area contributed by atoms with Gasteiger partial charge in [-0.25, -0.2) is 0 Å². The number of hydrogen-bond acceptors (Lipinski definition) is 4. The number of ether oxygens (including phenoxy) is 1. The number of ketones is 1. The van der Waals surface area contributed by atoms with Crippen molar-refractivity contribution >= 4 is 5.78 Å². The van der Waals surface area contributed by atoms with Crippen molar-refractivity contribution in [2.24, 2.45) is 11.3 Å². The van der Waals surface area contributed by atoms with Gasteiger partial charge in [0.25, 0.3) is 0 Å². The van der Waals surface area contributed by atoms with Crippen molar-refractivity contribution in [2.45, 2.75) is 44.5 Å². The average Bonchev–Trinajstić information content (AvgIpc) is 3.15. The first-order valence-electron chi connectivity index (χ1n) is 6.80. The lowest BCUT2D eigenvalue weighted by molar-refractivity contribution is -0.119. The minimum atomic E-state index is -1.04. The van der Waals surface area contributed by atoms with Crippen molar-refractivity contribution in [2.75, 3.05) is 6.61 Å². The molecule has 0 spiro atoms. The van der Waals surface area contributed by atoms with Gasteiger partial charge in [-0.2, -0.15) is 0 Å². The van der Waals surface area contributed by atoms with Crippen LogP contribution in [0.1, 0.15) is 26.7 Å². The van der Waals surface area contributed by atoms with Gasteiger partial charge in [0.2, 0.25) is 0 Å². The van der Waals surface area contributed by atoms with Crippen LogP contribution in [0.3, 0.4) is 0 Å². The van der Waals surface area contributed by atoms with E-state index >= 15 is 0 Å². The molecule has 1 saturated carbocycles. The van der Waals surface area contributed by atoms with Gasteiger partial charge in [0.05, 0.1) is 12.7 Å². The molecular weight excluding hydrogens is 244 g/mol. The zero-order valence-corrected chi connectivity index (χ0v) is 11.3. The van der Waals surface area contributed by atoms with Gasteiger partial charge >= 0.3 is 0 Å². The molecule has 0 aromatic carbocycles. The normalized spacial score (nSPS) is 48.1. The van der Waals surface area contributed by atoms with E-state index in [1.54, 1.807) is 0 Å². The van der Waals surface area contributed by atoms with Crippen LogP contribution in [0.25, 0.3) is 0 Å². The standard InChI is InChI=1S/C15H20O4/c1-8-4-5-11(17)10-6-12(18)15(9(2)7-16)13(19-15)14(8,10)3/h6,8,11,13,16-17H,2,4-5,7H2,1,3H3/t8-,11+,13+,14+,15-/m0/s1. The zero-order valence-electron chi connectivity index (χ0n) is 11.3. The van der Waals surface area contributed by atoms with Gasteiger partial charge in [0.15, 0.2) is 11.4 Å². The molecule has 2 N–H and O–H groups in total. The molecule has 104 valence electrons. The van der Waals surface area contributed by atoms with Gasteiger partial charge in [-0.1, -0.05) is 20.4 Å². The van der Waals surface area contributed by atoms with Crippen molar-refractivity contribution in [3.8, 4) is 0 Å². The summed E-state index contributed by atoms with van der Waals surface area (Å²) in [5.74, 6) is 0.144. The molecule has 0 aromatic heterocycles. The van der Waals surface area contributed by atoms with Gasteiger partial charge in [-0.05, 0) is 36.0 Å². The second kappa shape index (κ2) is 3.78. The summed E-state index contributed by atoms with van der Waals surface area (Å²) in [7, 11) is 0. The first-order valence-corrected chi connectivity index (χ1v) is 6.80. The average molecular weight is 264 g/mol. The van der Waals surface area contributed by atoms with Crippen molar-refractivity contribution < 1.29 is 19.7 Å². The summed E-state index contributed by atoms with van der Waals surface area (Å²) in [5.41, 5.74) is -0.173. The van der Waals surface area contributed by atoms with Gasteiger partial charge in [0.1, 0.15) is 6.10 Å². The van der Waals surface area contributed by atoms with E-state index in [2.05, 4.69) is 20.4 Å². The van der Waals surface area contributed by atoms with Crippen molar-refractivity contribution in [3.05, 3.63) is 23.8 Å². The van der Waals surface area contributed by atoms with Crippen LogP contribution in [0.2, 0.25) is 0 Å². The van der Waals surface area contributed by atoms with E-state index in [1.807, 2.05) is 0 Å². The molecule has 4 nitrogen and oxygen atoms in total. The molecule has 3 aliphatic rings. The molecule has 1 aliphatic heterocycles. The Morgan fingerprint density at radius 1 is 1.58 bits per heavy atom. The summed E-state index contributed by atoms with van der Waals surface area (Å²) in [5, 5.41) is 19.5. The molecule has 2 aliphatic carbocycles. The molecule has 0 aromatic rings. The Morgan fingerprint density at radius 2 is 2.26 bits per heavy atom. The molecule has 5 atom stereocenters. The zero-order chi connectivity index (χ0) is 14.0. The summed E-state index contributed by atoms with van der Waals surface area (Å²) < 4.78 is 5.75. The second-order valence-electron chi connectivity index (χ2n) is 6.24. The Kier molecular flexibility index (Phi) is 2.59. The fourth-order valence-corrected chi connectivity index (χ4v) is 3.86. The molecule has 0 bridgehead atoms. The molecule has 1 saturated heterocycles. The number of epoxide rings is 1. The lowest BCUT2D eigenvalue weighted by Crippen LogP contribution is -2.50. The number of rotatable bonds is 2. The fourth-order valence-electron chi connectivity index (χ4n) is 3.86. The molecule has 19 heavy (non-hydrogen) atoms. The van der Waals surface area contributed by atoms with Crippen LogP contribution in [0.15, 0.2) is 23.8 Å². The van der Waals surface area contributed by atoms with Gasteiger partial charge < -0.3 is 14.9 Å². The number of carbonyl (C=O) groups is 1. The largest absolute Gasteiger partial charge is 0.392 e. The minimum absolute atomic E-state index is 0.183. The Bertz CT molecular complexity index is 494. The first kappa shape index (κ1) is 13.0. The molecule has 4 heteroatoms. The summed E-state index contributed by atoms with van der Waals surface area (Å²) >= 11 is 0. The van der Waals surface area contributed by atoms with Gasteiger partial charge in [-0.15, -0.1) is 0 Å². The topological polar surface area (TPSA) is 70.1 Å². The van der Waals surface area contributed by atoms with E-state index in [-0.39, 0.29) is 23.9 Å². The Morgan fingerprint density at radius 3 is 2.89 bits per heavy atom. The summed E-state index contributed by atoms with van der Waals surface area (Å²) in [4.78, 5) is 12.3. The monoisotopic (exact) mass is 264 g/mol. The molecule has 0 radical (unpaired) electrons. The first-order chi connectivity index (χ1) is 8.88. The maximum atomic E-state index is 12.3. The van der Waals surface area contributed by atoms with E-state index < -0.39 is 11.7 Å². The molecular formula is C15H20O4. The van der Waals surface area contributed by atoms with Crippen LogP contribution in [-0.4, -0.2) is 40.4 Å². The fraction of sp³-hybridized carbons (Fsp3) is 0.667. The third-order valence-corrected chi connectivity index (χ3v) is 5.41. The smallest absolute Gasteiger partial charge is 0.194 e. The van der Waals surface area contributed by atoms with E-state index in [0.29, 0.717) is 17.9 Å². The van der Waals surface area contributed by atoms with Gasteiger partial charge in [-0.3, -0.25) is 4.79 Å². The van der Waals surface area contributed by atoms with Crippen molar-refractivity contribution in [1.29, 1.82) is 0 Å². The van der Waals surface area contributed by atoms with Crippen molar-refractivity contribution in [1.82, 2.24) is 0 Å². The van der Waals surface area contributed by atoms with Crippen LogP contribution in [0, 0.1) is 11.3 Å². The Hall–Kier alpha value is -0.970. The van der Waals surface area contributed by atoms with Crippen molar-refractivity contribution in [3.63, 3.8) is 0 Å². The third-order valence-electron chi connectivity index (χ3n) is 5.41. The lowest BCUT2D eigenvalue weighted by Gasteiger charge is -2.46. The van der Waals surface area contributed by atoms with Crippen LogP contribution < -0.4 is 0 Å². The van der Waals surface area contributed by atoms with Crippen LogP contribution in [0.4, 0.5) is 0 Å². The highest BCUT2D eigenvalue weighted by Crippen LogP contribution is 2.63. The molecule has 0 amide bonds. The van der Waals surface area contributed by atoms with E-state index in [9.17, 15) is 15.0 Å². The Balaban J connectivity index is 2.10. The Labute approximate surface area is 112 Å². The molecule has 0 unspecified atom stereocenters. The van der Waals surface area contributed by atoms with Crippen LogP contribution in [-0.2, 0) is 9.53 Å². The van der Waals surface area contributed by atoms with E-state index in [1.165, 1.54) is 6.08 Å². The molecule has 3 rings (SSSR count). The maximum absolute atomic E-state index is 12.3. The summed E-state index contributed by atoms with van der Waals surface area (Å²) in [6.07, 6.45) is 2.28. The number of aliphatic hydroxyl groups excluding tert-OH is 2. The molecule has 1 heterocycles. The number of aliphatic hydroxyl groups is 2. The second-order valence-corrected chi connectivity index (χ2v) is 6.24. The summed E-state index contributed by atoms with van der Waals surface area (Å²) in [6, 6.07) is 0. The highest BCUT2D eigenvalue weighted by molar-refractivity contribution is 6.05. The maximum Gasteiger partial charge on any atom is 0.194 e. The number of carbonyl (C=O) groups excluding carboxylic acids is 1. The number of hydrogen-bond donors (Lipinski definition) is 2. The predicted octanol–water partition coefficient (Wildman–Crippen LogP) is 0.979. The SMILES string of the molecule is C=C(CO)[C@@]12O[C@@H]1[C@@]1(C)C(=CC2=O)[C@H](O)CC[C@@H]1C. The van der Waals surface area contributed by atoms with Crippen LogP contribution in [0.5, 0.6) is 0 Å². The van der Waals surface area contributed by atoms with Gasteiger partial charge in [0, 0.05) is 5.41 Å². The van der Waals surface area contributed by atoms with E-state index in [4.69, 9.17) is 4.74 Å². The third kappa shape index (κ3) is 1.37. The highest BCUT2D eigenvalue weighted by Gasteiger charge is 2.74. The highest BCUT2D eigenvalue weighted by atomic mass is 16.6. The number of fused-ring (bicyclic) bond motifs is 3. The lowest BCUT2D eigenvalue weighted by atomic mass is 9.57. The summed E-state index contributed by atoms with van der Waals surface area (Å²) in [6.45, 7) is 7.71. The quantitative estimate of drug-likeness (QED) is 0.576.